The number of rotatable bonds is 16. The summed E-state index contributed by atoms with van der Waals surface area (Å²) in [7, 11) is 3.40. The molecule has 0 saturated carbocycles. The van der Waals surface area contributed by atoms with Crippen LogP contribution >= 0.6 is 0 Å². The van der Waals surface area contributed by atoms with Crippen molar-refractivity contribution in [2.45, 2.75) is 202 Å². The van der Waals surface area contributed by atoms with E-state index in [4.69, 9.17) is 4.74 Å². The number of nitrogens with zero attached hydrogens (tertiary/aromatic N) is 8. The SMILES string of the molecule is CN[C@@H](C)C(=O)N[C@H]1CC[C@H](n2cc(COCc3cn([C@H]4CC[C@H](NC(=O)[C@H](C)NC)C(=O)N5C(CC[C@H]5C(=O)N[C@@H]5CCCc6ccccc65)C4)nn3)nn2)CC2CC[C@@H](C(=O)N[C@H]3CCCc4ccccc43)N2C1=O. The van der Waals surface area contributed by atoms with Crippen molar-refractivity contribution in [1.82, 2.24) is 71.7 Å². The van der Waals surface area contributed by atoms with Gasteiger partial charge in [0, 0.05) is 12.1 Å². The molecule has 4 aromatic rings. The van der Waals surface area contributed by atoms with Gasteiger partial charge in [-0.2, -0.15) is 0 Å². The standard InChI is InChI=1S/C56H76N14O7/c1-33(57-3)51(71)61-47-23-19-39(27-41-21-25-49(69(41)55(47)75)53(73)59-45-17-9-13-35-11-5-7-15-43(35)45)67-29-37(63-65-67)31-77-32-38-30-68(66-64-38)40-20-24-48(62-52(72)34(2)58-4)56(76)70-42(28-40)22-26-50(70)54(74)60-46-18-10-14-36-12-6-8-16-44(36)46/h5-8,11-12,15-16,29-30,33-34,39-42,45-50,57-58H,9-10,13-14,17-28,31-32H2,1-4H3,(H,59,73)(H,60,74)(H,61,71)(H,62,72)/t33-,34-,39-,40-,41?,42?,45-,46+,47-,48-,49-,50-/m0/s1. The van der Waals surface area contributed by atoms with Crippen molar-refractivity contribution in [3.63, 3.8) is 0 Å². The van der Waals surface area contributed by atoms with Crippen LogP contribution in [0.4, 0.5) is 0 Å². The van der Waals surface area contributed by atoms with E-state index in [1.54, 1.807) is 37.7 Å². The Hall–Kier alpha value is -6.58. The molecule has 2 aromatic carbocycles. The highest BCUT2D eigenvalue weighted by Gasteiger charge is 2.48. The fourth-order valence-electron chi connectivity index (χ4n) is 12.9. The van der Waals surface area contributed by atoms with Gasteiger partial charge >= 0.3 is 0 Å². The van der Waals surface area contributed by atoms with Crippen LogP contribution in [0.25, 0.3) is 0 Å². The Bertz CT molecular complexity index is 2600. The average molecular weight is 1060 g/mol. The number of amides is 6. The smallest absolute Gasteiger partial charge is 0.246 e. The molecule has 0 bridgehead atoms. The molecule has 2 unspecified atom stereocenters. The molecule has 77 heavy (non-hydrogen) atoms. The molecule has 4 aliphatic heterocycles. The van der Waals surface area contributed by atoms with E-state index in [-0.39, 0.29) is 84.9 Å². The maximum absolute atomic E-state index is 14.5. The molecule has 21 heteroatoms. The van der Waals surface area contributed by atoms with Gasteiger partial charge in [-0.3, -0.25) is 28.8 Å². The van der Waals surface area contributed by atoms with Crippen molar-refractivity contribution in [3.8, 4) is 0 Å². The topological polar surface area (TPSA) is 252 Å². The quantitative estimate of drug-likeness (QED) is 0.0944. The summed E-state index contributed by atoms with van der Waals surface area (Å²) in [4.78, 5) is 87.4. The summed E-state index contributed by atoms with van der Waals surface area (Å²) in [6.07, 6.45) is 14.5. The van der Waals surface area contributed by atoms with Crippen molar-refractivity contribution in [2.24, 2.45) is 0 Å². The number of aryl methyl sites for hydroxylation is 2. The van der Waals surface area contributed by atoms with E-state index in [1.807, 2.05) is 46.0 Å². The molecule has 4 saturated heterocycles. The Morgan fingerprint density at radius 3 is 1.39 bits per heavy atom. The molecule has 6 aliphatic rings. The van der Waals surface area contributed by atoms with E-state index in [0.717, 1.165) is 49.7 Å². The minimum atomic E-state index is -0.822. The van der Waals surface area contributed by atoms with Gasteiger partial charge in [0.25, 0.3) is 0 Å². The highest BCUT2D eigenvalue weighted by atomic mass is 16.5. The molecule has 21 nitrogen and oxygen atoms in total. The highest BCUT2D eigenvalue weighted by molar-refractivity contribution is 5.95. The molecule has 6 heterocycles. The molecule has 412 valence electrons. The fourth-order valence-corrected chi connectivity index (χ4v) is 12.9. The molecule has 0 spiro atoms. The molecule has 12 atom stereocenters. The Balaban J connectivity index is 0.788. The number of hydrogen-bond acceptors (Lipinski definition) is 13. The monoisotopic (exact) mass is 1060 g/mol. The van der Waals surface area contributed by atoms with Gasteiger partial charge < -0.3 is 46.4 Å². The van der Waals surface area contributed by atoms with Gasteiger partial charge in [0.1, 0.15) is 35.6 Å². The molecule has 2 aromatic heterocycles. The summed E-state index contributed by atoms with van der Waals surface area (Å²) in [5, 5.41) is 36.6. The zero-order valence-corrected chi connectivity index (χ0v) is 44.9. The maximum atomic E-state index is 14.5. The predicted molar refractivity (Wildman–Crippen MR) is 283 cm³/mol. The normalized spacial score (nSPS) is 28.1. The molecule has 2 aliphatic carbocycles. The van der Waals surface area contributed by atoms with E-state index in [9.17, 15) is 28.8 Å². The highest BCUT2D eigenvalue weighted by Crippen LogP contribution is 2.39. The summed E-state index contributed by atoms with van der Waals surface area (Å²) in [6, 6.07) is 11.4. The zero-order chi connectivity index (χ0) is 53.7. The Morgan fingerprint density at radius 1 is 0.545 bits per heavy atom. The first-order chi connectivity index (χ1) is 37.4. The minimum absolute atomic E-state index is 0.125. The number of nitrogens with one attached hydrogen (secondary N) is 6. The predicted octanol–water partition coefficient (Wildman–Crippen LogP) is 3.33. The van der Waals surface area contributed by atoms with Crippen molar-refractivity contribution in [1.29, 1.82) is 0 Å². The Morgan fingerprint density at radius 2 is 0.961 bits per heavy atom. The van der Waals surface area contributed by atoms with E-state index >= 15 is 0 Å². The maximum Gasteiger partial charge on any atom is 0.246 e. The van der Waals surface area contributed by atoms with Crippen LogP contribution in [-0.4, -0.2) is 138 Å². The van der Waals surface area contributed by atoms with Gasteiger partial charge in [0.2, 0.25) is 35.4 Å². The molecule has 6 amide bonds. The molecule has 10 rings (SSSR count). The van der Waals surface area contributed by atoms with Crippen LogP contribution in [0.5, 0.6) is 0 Å². The first kappa shape index (κ1) is 53.8. The van der Waals surface area contributed by atoms with Gasteiger partial charge in [-0.15, -0.1) is 10.2 Å². The summed E-state index contributed by atoms with van der Waals surface area (Å²) < 4.78 is 9.82. The zero-order valence-electron chi connectivity index (χ0n) is 44.9. The summed E-state index contributed by atoms with van der Waals surface area (Å²) >= 11 is 0. The molecular formula is C56H76N14O7. The van der Waals surface area contributed by atoms with Crippen molar-refractivity contribution in [3.05, 3.63) is 94.6 Å². The summed E-state index contributed by atoms with van der Waals surface area (Å²) in [5.74, 6) is -1.37. The number of carbonyl (C=O) groups excluding carboxylic acids is 6. The van der Waals surface area contributed by atoms with Crippen LogP contribution in [0.2, 0.25) is 0 Å². The second-order valence-corrected chi connectivity index (χ2v) is 22.2. The van der Waals surface area contributed by atoms with Gasteiger partial charge in [-0.25, -0.2) is 9.36 Å². The Kier molecular flexibility index (Phi) is 16.8. The molecule has 6 N–H and O–H groups in total. The third-order valence-electron chi connectivity index (χ3n) is 17.4. The number of likely N-dealkylation sites (N-methyl/N-ethyl adjacent to an activating group) is 2. The van der Waals surface area contributed by atoms with Gasteiger partial charge in [0.05, 0.1) is 61.9 Å². The summed E-state index contributed by atoms with van der Waals surface area (Å²) in [5.41, 5.74) is 5.96. The summed E-state index contributed by atoms with van der Waals surface area (Å²) in [6.45, 7) is 3.78. The van der Waals surface area contributed by atoms with Gasteiger partial charge in [-0.05, 0) is 153 Å². The number of aromatic nitrogens is 6. The van der Waals surface area contributed by atoms with Gasteiger partial charge in [-0.1, -0.05) is 59.0 Å². The Labute approximate surface area is 450 Å². The third-order valence-corrected chi connectivity index (χ3v) is 17.4. The van der Waals surface area contributed by atoms with Gasteiger partial charge in [0.15, 0.2) is 0 Å². The van der Waals surface area contributed by atoms with Crippen LogP contribution in [0.1, 0.15) is 162 Å². The van der Waals surface area contributed by atoms with Crippen molar-refractivity contribution >= 4 is 35.4 Å². The average Bonchev–Trinajstić information content (AvgIpc) is 4.31. The lowest BCUT2D eigenvalue weighted by atomic mass is 9.87. The van der Waals surface area contributed by atoms with Crippen LogP contribution in [0.15, 0.2) is 60.9 Å². The van der Waals surface area contributed by atoms with E-state index in [1.165, 1.54) is 11.1 Å². The number of carbonyl (C=O) groups is 6. The fraction of sp³-hybridized carbons (Fsp3) is 0.607. The molecule has 0 radical (unpaired) electrons. The van der Waals surface area contributed by atoms with Crippen molar-refractivity contribution in [2.75, 3.05) is 14.1 Å². The third kappa shape index (κ3) is 11.8. The van der Waals surface area contributed by atoms with E-state index in [2.05, 4.69) is 76.8 Å². The van der Waals surface area contributed by atoms with E-state index in [0.29, 0.717) is 75.6 Å². The van der Waals surface area contributed by atoms with Crippen LogP contribution in [0.3, 0.4) is 0 Å². The number of fused-ring (bicyclic) bond motifs is 4. The van der Waals surface area contributed by atoms with Crippen molar-refractivity contribution < 1.29 is 33.5 Å². The largest absolute Gasteiger partial charge is 0.369 e. The second kappa shape index (κ2) is 24.0. The molecular weight excluding hydrogens is 981 g/mol. The second-order valence-electron chi connectivity index (χ2n) is 22.2. The molecule has 4 fully saturated rings. The lowest BCUT2D eigenvalue weighted by Gasteiger charge is -2.38. The number of benzene rings is 2. The first-order valence-corrected chi connectivity index (χ1v) is 28.1. The van der Waals surface area contributed by atoms with Crippen LogP contribution in [0, 0.1) is 0 Å². The lowest BCUT2D eigenvalue weighted by molar-refractivity contribution is -0.145. The van der Waals surface area contributed by atoms with Crippen LogP contribution in [-0.2, 0) is 59.6 Å². The number of ether oxygens (including phenoxy) is 1. The minimum Gasteiger partial charge on any atom is -0.369 e. The van der Waals surface area contributed by atoms with Crippen LogP contribution < -0.4 is 31.9 Å². The van der Waals surface area contributed by atoms with E-state index < -0.39 is 36.3 Å². The first-order valence-electron chi connectivity index (χ1n) is 28.1. The number of hydrogen-bond donors (Lipinski definition) is 6. The lowest BCUT2D eigenvalue weighted by Crippen LogP contribution is -2.58.